The van der Waals surface area contributed by atoms with Gasteiger partial charge in [-0.15, -0.1) is 21.5 Å². The lowest BCUT2D eigenvalue weighted by molar-refractivity contribution is 0.949. The molecule has 0 saturated heterocycles. The molecule has 1 aromatic carbocycles. The monoisotopic (exact) mass is 464 g/mol. The van der Waals surface area contributed by atoms with Crippen LogP contribution in [-0.4, -0.2) is 26.0 Å². The zero-order valence-corrected chi connectivity index (χ0v) is 16.4. The van der Waals surface area contributed by atoms with Crippen molar-refractivity contribution in [2.45, 2.75) is 0 Å². The van der Waals surface area contributed by atoms with Gasteiger partial charge in [0.2, 0.25) is 0 Å². The predicted octanol–water partition coefficient (Wildman–Crippen LogP) is 4.55. The summed E-state index contributed by atoms with van der Waals surface area (Å²) in [5.41, 5.74) is 5.41. The second-order valence-electron chi connectivity index (χ2n) is 5.04. The number of aryl methyl sites for hydroxylation is 1. The molecule has 4 rings (SSSR count). The summed E-state index contributed by atoms with van der Waals surface area (Å²) >= 11 is 8.50. The molecule has 0 saturated carbocycles. The van der Waals surface area contributed by atoms with Gasteiger partial charge in [-0.2, -0.15) is 10.1 Å². The Morgan fingerprint density at radius 3 is 2.88 bits per heavy atom. The lowest BCUT2D eigenvalue weighted by atomic mass is 10.2. The number of benzene rings is 1. The van der Waals surface area contributed by atoms with E-state index in [0.717, 1.165) is 35.2 Å². The molecule has 9 heteroatoms. The topological polar surface area (TPSA) is 68.0 Å². The summed E-state index contributed by atoms with van der Waals surface area (Å²) in [5.74, 6) is 0.361. The van der Waals surface area contributed by atoms with E-state index in [9.17, 15) is 0 Å². The molecule has 0 radical (unpaired) electrons. The van der Waals surface area contributed by atoms with Crippen LogP contribution in [0.4, 0.5) is 5.95 Å². The molecule has 0 aliphatic rings. The number of rotatable bonds is 3. The molecule has 4 aromatic rings. The molecule has 3 heterocycles. The van der Waals surface area contributed by atoms with Gasteiger partial charge >= 0.3 is 0 Å². The van der Waals surface area contributed by atoms with Gasteiger partial charge in [-0.25, -0.2) is 5.43 Å². The second-order valence-corrected chi connectivity index (χ2v) is 8.45. The van der Waals surface area contributed by atoms with Crippen LogP contribution in [0.2, 0.25) is 0 Å². The highest BCUT2D eigenvalue weighted by Gasteiger charge is 2.12. The molecular weight excluding hydrogens is 456 g/mol. The van der Waals surface area contributed by atoms with Crippen molar-refractivity contribution in [3.05, 3.63) is 43.5 Å². The van der Waals surface area contributed by atoms with Crippen molar-refractivity contribution in [3.63, 3.8) is 0 Å². The lowest BCUT2D eigenvalue weighted by Crippen LogP contribution is -2.00. The maximum absolute atomic E-state index is 4.52. The van der Waals surface area contributed by atoms with Gasteiger partial charge in [0.1, 0.15) is 5.52 Å². The van der Waals surface area contributed by atoms with E-state index in [0.29, 0.717) is 5.95 Å². The molecule has 0 spiro atoms. The molecule has 3 aromatic heterocycles. The Bertz CT molecular complexity index is 1080. The highest BCUT2D eigenvalue weighted by molar-refractivity contribution is 9.11. The zero-order valence-electron chi connectivity index (χ0n) is 12.4. The molecular formula is C15H10Br2N6S. The van der Waals surface area contributed by atoms with Gasteiger partial charge < -0.3 is 4.57 Å². The zero-order chi connectivity index (χ0) is 16.7. The van der Waals surface area contributed by atoms with Crippen LogP contribution in [0.15, 0.2) is 43.7 Å². The summed E-state index contributed by atoms with van der Waals surface area (Å²) in [5, 5.41) is 13.6. The van der Waals surface area contributed by atoms with Crippen molar-refractivity contribution in [2.75, 3.05) is 5.43 Å². The Labute approximate surface area is 157 Å². The highest BCUT2D eigenvalue weighted by Crippen LogP contribution is 2.28. The molecule has 0 bridgehead atoms. The molecule has 0 fully saturated rings. The minimum atomic E-state index is 0.361. The molecule has 0 aliphatic carbocycles. The summed E-state index contributed by atoms with van der Waals surface area (Å²) < 4.78 is 4.06. The number of aromatic nitrogens is 4. The van der Waals surface area contributed by atoms with Gasteiger partial charge in [0.15, 0.2) is 5.65 Å². The van der Waals surface area contributed by atoms with Gasteiger partial charge in [-0.3, -0.25) is 0 Å². The van der Waals surface area contributed by atoms with Crippen molar-refractivity contribution in [2.24, 2.45) is 12.1 Å². The smallest absolute Gasteiger partial charge is 0.265 e. The molecule has 0 amide bonds. The standard InChI is InChI=1S/C15H10Br2N6S/c1-23-11-4-2-8(16)6-10(11)13-14(23)19-15(22-20-13)21-18-7-9-3-5-12(17)24-9/h2-7H,1H3,(H,19,21,22)/b18-7-. The minimum absolute atomic E-state index is 0.361. The quantitative estimate of drug-likeness (QED) is 0.356. The van der Waals surface area contributed by atoms with Crippen molar-refractivity contribution in [1.29, 1.82) is 0 Å². The molecule has 24 heavy (non-hydrogen) atoms. The molecule has 0 atom stereocenters. The average molecular weight is 466 g/mol. The van der Waals surface area contributed by atoms with Gasteiger partial charge in [-0.05, 0) is 46.3 Å². The van der Waals surface area contributed by atoms with E-state index in [2.05, 4.69) is 57.6 Å². The molecule has 6 nitrogen and oxygen atoms in total. The van der Waals surface area contributed by atoms with Crippen LogP contribution in [-0.2, 0) is 7.05 Å². The fourth-order valence-corrected chi connectivity index (χ4v) is 4.09. The summed E-state index contributed by atoms with van der Waals surface area (Å²) in [6.07, 6.45) is 1.72. The SMILES string of the molecule is Cn1c2ccc(Br)cc2c2nnc(N/N=C\c3ccc(Br)s3)nc21. The third kappa shape index (κ3) is 2.83. The molecule has 1 N–H and O–H groups in total. The van der Waals surface area contributed by atoms with E-state index in [4.69, 9.17) is 0 Å². The van der Waals surface area contributed by atoms with E-state index < -0.39 is 0 Å². The number of nitrogens with zero attached hydrogens (tertiary/aromatic N) is 5. The Balaban J connectivity index is 1.69. The van der Waals surface area contributed by atoms with Gasteiger partial charge in [0.25, 0.3) is 5.95 Å². The van der Waals surface area contributed by atoms with E-state index >= 15 is 0 Å². The first-order valence-corrected chi connectivity index (χ1v) is 9.35. The van der Waals surface area contributed by atoms with E-state index in [-0.39, 0.29) is 0 Å². The number of fused-ring (bicyclic) bond motifs is 3. The van der Waals surface area contributed by atoms with Crippen molar-refractivity contribution in [3.8, 4) is 0 Å². The maximum Gasteiger partial charge on any atom is 0.265 e. The third-order valence-corrected chi connectivity index (χ3v) is 5.56. The van der Waals surface area contributed by atoms with E-state index in [1.54, 1.807) is 17.6 Å². The van der Waals surface area contributed by atoms with Gasteiger partial charge in [-0.1, -0.05) is 15.9 Å². The van der Waals surface area contributed by atoms with Crippen LogP contribution >= 0.6 is 43.2 Å². The fourth-order valence-electron chi connectivity index (χ4n) is 2.43. The van der Waals surface area contributed by atoms with E-state index in [1.165, 1.54) is 0 Å². The van der Waals surface area contributed by atoms with Crippen LogP contribution in [0.1, 0.15) is 4.88 Å². The van der Waals surface area contributed by atoms with Crippen LogP contribution in [0.25, 0.3) is 22.1 Å². The van der Waals surface area contributed by atoms with Gasteiger partial charge in [0, 0.05) is 21.8 Å². The largest absolute Gasteiger partial charge is 0.327 e. The summed E-state index contributed by atoms with van der Waals surface area (Å²) in [6, 6.07) is 10.0. The fraction of sp³-hybridized carbons (Fsp3) is 0.0667. The Morgan fingerprint density at radius 2 is 2.08 bits per heavy atom. The van der Waals surface area contributed by atoms with Crippen molar-refractivity contribution >= 4 is 77.4 Å². The first-order valence-electron chi connectivity index (χ1n) is 6.94. The summed E-state index contributed by atoms with van der Waals surface area (Å²) in [7, 11) is 1.96. The molecule has 0 aliphatic heterocycles. The number of hydrogen-bond acceptors (Lipinski definition) is 6. The summed E-state index contributed by atoms with van der Waals surface area (Å²) in [6.45, 7) is 0. The van der Waals surface area contributed by atoms with Crippen molar-refractivity contribution in [1.82, 2.24) is 19.7 Å². The third-order valence-electron chi connectivity index (χ3n) is 3.51. The first kappa shape index (κ1) is 15.7. The number of hydrazone groups is 1. The first-order chi connectivity index (χ1) is 11.6. The Kier molecular flexibility index (Phi) is 4.07. The maximum atomic E-state index is 4.52. The second kappa shape index (κ2) is 6.23. The van der Waals surface area contributed by atoms with E-state index in [1.807, 2.05) is 41.9 Å². The number of hydrogen-bond donors (Lipinski definition) is 1. The van der Waals surface area contributed by atoms with Crippen LogP contribution in [0.5, 0.6) is 0 Å². The highest BCUT2D eigenvalue weighted by atomic mass is 79.9. The molecule has 0 unspecified atom stereocenters. The normalized spacial score (nSPS) is 11.8. The average Bonchev–Trinajstić information content (AvgIpc) is 3.10. The van der Waals surface area contributed by atoms with Crippen LogP contribution < -0.4 is 5.43 Å². The lowest BCUT2D eigenvalue weighted by Gasteiger charge is -1.99. The minimum Gasteiger partial charge on any atom is -0.327 e. The number of thiophene rings is 1. The number of halogens is 2. The number of anilines is 1. The Hall–Kier alpha value is -1.84. The molecule has 120 valence electrons. The van der Waals surface area contributed by atoms with Crippen LogP contribution in [0.3, 0.4) is 0 Å². The number of nitrogens with one attached hydrogen (secondary N) is 1. The Morgan fingerprint density at radius 1 is 1.21 bits per heavy atom. The van der Waals surface area contributed by atoms with Crippen LogP contribution in [0, 0.1) is 0 Å². The van der Waals surface area contributed by atoms with Gasteiger partial charge in [0.05, 0.1) is 15.5 Å². The predicted molar refractivity (Wildman–Crippen MR) is 105 cm³/mol. The van der Waals surface area contributed by atoms with Crippen molar-refractivity contribution < 1.29 is 0 Å². The summed E-state index contributed by atoms with van der Waals surface area (Å²) in [4.78, 5) is 5.55.